The fourth-order valence-corrected chi connectivity index (χ4v) is 2.72. The Morgan fingerprint density at radius 3 is 1.94 bits per heavy atom. The highest BCUT2D eigenvalue weighted by atomic mass is 14.3. The van der Waals surface area contributed by atoms with Crippen molar-refractivity contribution in [1.29, 1.82) is 0 Å². The molecule has 0 radical (unpaired) electrons. The lowest BCUT2D eigenvalue weighted by Crippen LogP contribution is -2.16. The summed E-state index contributed by atoms with van der Waals surface area (Å²) in [6.45, 7) is 11.8. The second-order valence-corrected chi connectivity index (χ2v) is 6.58. The van der Waals surface area contributed by atoms with Crippen LogP contribution in [0.2, 0.25) is 0 Å². The van der Waals surface area contributed by atoms with E-state index in [1.807, 2.05) is 0 Å². The lowest BCUT2D eigenvalue weighted by atomic mass is 9.77. The zero-order valence-corrected chi connectivity index (χ0v) is 13.1. The molecular weight excluding hydrogens is 204 g/mol. The normalized spacial score (nSPS) is 13.9. The van der Waals surface area contributed by atoms with Crippen molar-refractivity contribution in [2.45, 2.75) is 98.8 Å². The van der Waals surface area contributed by atoms with Gasteiger partial charge in [-0.05, 0) is 17.8 Å². The Hall–Kier alpha value is 0. The predicted molar refractivity (Wildman–Crippen MR) is 80.5 cm³/mol. The largest absolute Gasteiger partial charge is 0.0654 e. The van der Waals surface area contributed by atoms with Crippen LogP contribution in [0.25, 0.3) is 0 Å². The lowest BCUT2D eigenvalue weighted by Gasteiger charge is -2.28. The van der Waals surface area contributed by atoms with Crippen molar-refractivity contribution < 1.29 is 0 Å². The highest BCUT2D eigenvalue weighted by Crippen LogP contribution is 2.33. The first-order valence-corrected chi connectivity index (χ1v) is 8.05. The molecule has 0 saturated heterocycles. The first kappa shape index (κ1) is 17.0. The van der Waals surface area contributed by atoms with Crippen LogP contribution in [-0.4, -0.2) is 0 Å². The van der Waals surface area contributed by atoms with E-state index in [9.17, 15) is 0 Å². The standard InChI is InChI=1S/C17H36/c1-6-9-10-11-12-14-16(13-7-2)15-17(4,5)8-3/h16H,6-15H2,1-5H3. The van der Waals surface area contributed by atoms with Crippen LogP contribution in [0.5, 0.6) is 0 Å². The van der Waals surface area contributed by atoms with Gasteiger partial charge in [0.2, 0.25) is 0 Å². The van der Waals surface area contributed by atoms with Crippen molar-refractivity contribution >= 4 is 0 Å². The van der Waals surface area contributed by atoms with Crippen LogP contribution in [-0.2, 0) is 0 Å². The van der Waals surface area contributed by atoms with Gasteiger partial charge in [-0.2, -0.15) is 0 Å². The van der Waals surface area contributed by atoms with E-state index in [1.165, 1.54) is 64.2 Å². The molecule has 17 heavy (non-hydrogen) atoms. The van der Waals surface area contributed by atoms with E-state index in [0.29, 0.717) is 5.41 Å². The maximum Gasteiger partial charge on any atom is -0.0354 e. The highest BCUT2D eigenvalue weighted by Gasteiger charge is 2.20. The van der Waals surface area contributed by atoms with Crippen molar-refractivity contribution in [3.8, 4) is 0 Å². The van der Waals surface area contributed by atoms with E-state index < -0.39 is 0 Å². The Bertz CT molecular complexity index is 157. The minimum absolute atomic E-state index is 0.559. The van der Waals surface area contributed by atoms with E-state index >= 15 is 0 Å². The summed E-state index contributed by atoms with van der Waals surface area (Å²) in [4.78, 5) is 0. The topological polar surface area (TPSA) is 0 Å². The SMILES string of the molecule is CCCCCCCC(CCC)CC(C)(C)CC. The molecule has 0 rings (SSSR count). The molecule has 0 saturated carbocycles. The molecule has 0 spiro atoms. The summed E-state index contributed by atoms with van der Waals surface area (Å²) in [6, 6.07) is 0. The molecule has 0 aromatic heterocycles. The summed E-state index contributed by atoms with van der Waals surface area (Å²) >= 11 is 0. The Labute approximate surface area is 111 Å². The monoisotopic (exact) mass is 240 g/mol. The fourth-order valence-electron chi connectivity index (χ4n) is 2.72. The average Bonchev–Trinajstić information content (AvgIpc) is 2.28. The molecule has 104 valence electrons. The quantitative estimate of drug-likeness (QED) is 0.357. The summed E-state index contributed by atoms with van der Waals surface area (Å²) in [6.07, 6.45) is 14.2. The zero-order chi connectivity index (χ0) is 13.1. The molecule has 0 fully saturated rings. The molecule has 0 aliphatic carbocycles. The van der Waals surface area contributed by atoms with E-state index in [4.69, 9.17) is 0 Å². The van der Waals surface area contributed by atoms with E-state index in [2.05, 4.69) is 34.6 Å². The number of rotatable bonds is 11. The summed E-state index contributed by atoms with van der Waals surface area (Å²) in [5.74, 6) is 0.983. The molecular formula is C17H36. The van der Waals surface area contributed by atoms with Crippen LogP contribution in [0, 0.1) is 11.3 Å². The van der Waals surface area contributed by atoms with Crippen LogP contribution in [0.3, 0.4) is 0 Å². The highest BCUT2D eigenvalue weighted by molar-refractivity contribution is 4.72. The van der Waals surface area contributed by atoms with Gasteiger partial charge < -0.3 is 0 Å². The van der Waals surface area contributed by atoms with Gasteiger partial charge in [0, 0.05) is 0 Å². The molecule has 0 N–H and O–H groups in total. The van der Waals surface area contributed by atoms with Crippen LogP contribution in [0.1, 0.15) is 98.8 Å². The molecule has 0 aliphatic heterocycles. The molecule has 0 aromatic carbocycles. The molecule has 1 atom stereocenters. The van der Waals surface area contributed by atoms with Crippen molar-refractivity contribution in [3.63, 3.8) is 0 Å². The first-order chi connectivity index (χ1) is 8.05. The average molecular weight is 240 g/mol. The second-order valence-electron chi connectivity index (χ2n) is 6.58. The van der Waals surface area contributed by atoms with Crippen LogP contribution in [0.15, 0.2) is 0 Å². The Morgan fingerprint density at radius 1 is 0.765 bits per heavy atom. The summed E-state index contributed by atoms with van der Waals surface area (Å²) in [5.41, 5.74) is 0.559. The van der Waals surface area contributed by atoms with E-state index in [-0.39, 0.29) is 0 Å². The number of hydrogen-bond acceptors (Lipinski definition) is 0. The molecule has 0 aliphatic rings. The molecule has 0 nitrogen and oxygen atoms in total. The van der Waals surface area contributed by atoms with Gasteiger partial charge in [0.25, 0.3) is 0 Å². The Kier molecular flexibility index (Phi) is 9.97. The molecule has 0 aromatic rings. The van der Waals surface area contributed by atoms with E-state index in [0.717, 1.165) is 5.92 Å². The maximum absolute atomic E-state index is 2.44. The van der Waals surface area contributed by atoms with Crippen molar-refractivity contribution in [3.05, 3.63) is 0 Å². The summed E-state index contributed by atoms with van der Waals surface area (Å²) in [5, 5.41) is 0. The van der Waals surface area contributed by atoms with E-state index in [1.54, 1.807) is 0 Å². The zero-order valence-electron chi connectivity index (χ0n) is 13.1. The summed E-state index contributed by atoms with van der Waals surface area (Å²) in [7, 11) is 0. The van der Waals surface area contributed by atoms with Crippen LogP contribution < -0.4 is 0 Å². The lowest BCUT2D eigenvalue weighted by molar-refractivity contribution is 0.234. The van der Waals surface area contributed by atoms with Gasteiger partial charge in [-0.3, -0.25) is 0 Å². The van der Waals surface area contributed by atoms with Gasteiger partial charge in [-0.15, -0.1) is 0 Å². The van der Waals surface area contributed by atoms with Gasteiger partial charge in [-0.25, -0.2) is 0 Å². The summed E-state index contributed by atoms with van der Waals surface area (Å²) < 4.78 is 0. The third kappa shape index (κ3) is 9.68. The molecule has 0 amide bonds. The number of hydrogen-bond donors (Lipinski definition) is 0. The van der Waals surface area contributed by atoms with Gasteiger partial charge in [0.1, 0.15) is 0 Å². The first-order valence-electron chi connectivity index (χ1n) is 8.05. The molecule has 0 bridgehead atoms. The minimum Gasteiger partial charge on any atom is -0.0654 e. The molecule has 0 heteroatoms. The van der Waals surface area contributed by atoms with Gasteiger partial charge >= 0.3 is 0 Å². The van der Waals surface area contributed by atoms with Crippen molar-refractivity contribution in [1.82, 2.24) is 0 Å². The Balaban J connectivity index is 3.82. The smallest absolute Gasteiger partial charge is 0.0354 e. The van der Waals surface area contributed by atoms with Gasteiger partial charge in [0.15, 0.2) is 0 Å². The second kappa shape index (κ2) is 9.97. The van der Waals surface area contributed by atoms with Gasteiger partial charge in [-0.1, -0.05) is 92.4 Å². The number of unbranched alkanes of at least 4 members (excludes halogenated alkanes) is 4. The third-order valence-corrected chi connectivity index (χ3v) is 4.21. The maximum atomic E-state index is 2.44. The fraction of sp³-hybridized carbons (Fsp3) is 1.00. The van der Waals surface area contributed by atoms with Crippen LogP contribution in [0.4, 0.5) is 0 Å². The van der Waals surface area contributed by atoms with Crippen LogP contribution >= 0.6 is 0 Å². The van der Waals surface area contributed by atoms with Crippen molar-refractivity contribution in [2.24, 2.45) is 11.3 Å². The molecule has 0 heterocycles. The van der Waals surface area contributed by atoms with Crippen molar-refractivity contribution in [2.75, 3.05) is 0 Å². The third-order valence-electron chi connectivity index (χ3n) is 4.21. The van der Waals surface area contributed by atoms with Gasteiger partial charge in [0.05, 0.1) is 0 Å². The minimum atomic E-state index is 0.559. The predicted octanol–water partition coefficient (Wildman–Crippen LogP) is 6.59. The Morgan fingerprint density at radius 2 is 1.41 bits per heavy atom. The molecule has 1 unspecified atom stereocenters.